The molecule has 1 aromatic carbocycles. The van der Waals surface area contributed by atoms with Crippen molar-refractivity contribution in [3.8, 4) is 11.4 Å². The first kappa shape index (κ1) is 13.3. The molecule has 0 spiro atoms. The number of piperidine rings is 1. The van der Waals surface area contributed by atoms with Gasteiger partial charge >= 0.3 is 0 Å². The maximum atomic E-state index is 6.21. The number of nitrogens with two attached hydrogens (primary N) is 1. The molecule has 0 saturated carbocycles. The summed E-state index contributed by atoms with van der Waals surface area (Å²) >= 11 is 6.21. The van der Waals surface area contributed by atoms with E-state index in [0.717, 1.165) is 24.2 Å². The number of halogens is 1. The smallest absolute Gasteiger partial charge is 0.163 e. The molecule has 1 atom stereocenters. The van der Waals surface area contributed by atoms with Gasteiger partial charge in [0, 0.05) is 17.7 Å². The maximum absolute atomic E-state index is 6.21. The summed E-state index contributed by atoms with van der Waals surface area (Å²) in [4.78, 5) is 8.96. The average molecular weight is 289 g/mol. The van der Waals surface area contributed by atoms with Gasteiger partial charge in [0.2, 0.25) is 0 Å². The van der Waals surface area contributed by atoms with Crippen molar-refractivity contribution in [3.05, 3.63) is 41.0 Å². The summed E-state index contributed by atoms with van der Waals surface area (Å²) in [5.41, 5.74) is 7.70. The van der Waals surface area contributed by atoms with E-state index >= 15 is 0 Å². The predicted octanol–water partition coefficient (Wildman–Crippen LogP) is 3.19. The average Bonchev–Trinajstić information content (AvgIpc) is 2.48. The van der Waals surface area contributed by atoms with Gasteiger partial charge < -0.3 is 11.1 Å². The summed E-state index contributed by atoms with van der Waals surface area (Å²) in [7, 11) is 0. The molecule has 0 bridgehead atoms. The Labute approximate surface area is 123 Å². The SMILES string of the molecule is Nc1cc(C2CCCCN2)nc(-c2ccccc2Cl)n1. The summed E-state index contributed by atoms with van der Waals surface area (Å²) in [6.45, 7) is 1.02. The molecule has 1 aromatic heterocycles. The van der Waals surface area contributed by atoms with Gasteiger partial charge in [0.15, 0.2) is 5.82 Å². The molecule has 1 fully saturated rings. The molecule has 1 saturated heterocycles. The van der Waals surface area contributed by atoms with Gasteiger partial charge in [-0.1, -0.05) is 30.2 Å². The number of hydrogen-bond donors (Lipinski definition) is 2. The number of nitrogens with zero attached hydrogens (tertiary/aromatic N) is 2. The molecule has 4 nitrogen and oxygen atoms in total. The summed E-state index contributed by atoms with van der Waals surface area (Å²) in [6, 6.07) is 9.67. The van der Waals surface area contributed by atoms with Crippen LogP contribution in [0.25, 0.3) is 11.4 Å². The first-order valence-corrected chi connectivity index (χ1v) is 7.24. The van der Waals surface area contributed by atoms with Crippen LogP contribution >= 0.6 is 11.6 Å². The van der Waals surface area contributed by atoms with Crippen molar-refractivity contribution in [2.45, 2.75) is 25.3 Å². The summed E-state index contributed by atoms with van der Waals surface area (Å²) in [5, 5.41) is 4.12. The minimum atomic E-state index is 0.260. The number of benzene rings is 1. The Kier molecular flexibility index (Phi) is 3.85. The Bertz CT molecular complexity index is 609. The molecule has 1 unspecified atom stereocenters. The fourth-order valence-corrected chi connectivity index (χ4v) is 2.75. The molecule has 5 heteroatoms. The van der Waals surface area contributed by atoms with Gasteiger partial charge in [-0.3, -0.25) is 0 Å². The van der Waals surface area contributed by atoms with Crippen molar-refractivity contribution < 1.29 is 0 Å². The zero-order chi connectivity index (χ0) is 13.9. The summed E-state index contributed by atoms with van der Waals surface area (Å²) < 4.78 is 0. The Morgan fingerprint density at radius 2 is 2.05 bits per heavy atom. The second-order valence-electron chi connectivity index (χ2n) is 5.02. The first-order chi connectivity index (χ1) is 9.74. The lowest BCUT2D eigenvalue weighted by molar-refractivity contribution is 0.405. The third-order valence-electron chi connectivity index (χ3n) is 3.55. The number of aromatic nitrogens is 2. The molecular formula is C15H17ClN4. The Hall–Kier alpha value is -1.65. The molecule has 0 amide bonds. The van der Waals surface area contributed by atoms with Gasteiger partial charge in [0.05, 0.1) is 10.7 Å². The van der Waals surface area contributed by atoms with Crippen LogP contribution in [0.2, 0.25) is 5.02 Å². The normalized spacial score (nSPS) is 18.9. The van der Waals surface area contributed by atoms with E-state index in [1.165, 1.54) is 12.8 Å². The van der Waals surface area contributed by atoms with Crippen molar-refractivity contribution in [2.24, 2.45) is 0 Å². The molecule has 0 radical (unpaired) electrons. The van der Waals surface area contributed by atoms with Crippen LogP contribution in [0.5, 0.6) is 0 Å². The highest BCUT2D eigenvalue weighted by atomic mass is 35.5. The van der Waals surface area contributed by atoms with Crippen molar-refractivity contribution in [2.75, 3.05) is 12.3 Å². The molecule has 1 aliphatic rings. The Morgan fingerprint density at radius 1 is 1.20 bits per heavy atom. The number of nitrogen functional groups attached to an aromatic ring is 1. The highest BCUT2D eigenvalue weighted by molar-refractivity contribution is 6.33. The van der Waals surface area contributed by atoms with Crippen LogP contribution in [-0.2, 0) is 0 Å². The first-order valence-electron chi connectivity index (χ1n) is 6.87. The highest BCUT2D eigenvalue weighted by Crippen LogP contribution is 2.28. The second-order valence-corrected chi connectivity index (χ2v) is 5.43. The van der Waals surface area contributed by atoms with E-state index in [1.807, 2.05) is 30.3 Å². The van der Waals surface area contributed by atoms with Gasteiger partial charge in [0.25, 0.3) is 0 Å². The molecule has 2 heterocycles. The van der Waals surface area contributed by atoms with E-state index in [-0.39, 0.29) is 6.04 Å². The largest absolute Gasteiger partial charge is 0.384 e. The monoisotopic (exact) mass is 288 g/mol. The minimum absolute atomic E-state index is 0.260. The van der Waals surface area contributed by atoms with E-state index < -0.39 is 0 Å². The second kappa shape index (κ2) is 5.77. The van der Waals surface area contributed by atoms with Crippen LogP contribution in [0, 0.1) is 0 Å². The van der Waals surface area contributed by atoms with Crippen LogP contribution in [0.1, 0.15) is 31.0 Å². The minimum Gasteiger partial charge on any atom is -0.384 e. The third kappa shape index (κ3) is 2.76. The number of nitrogens with one attached hydrogen (secondary N) is 1. The van der Waals surface area contributed by atoms with E-state index in [9.17, 15) is 0 Å². The molecule has 3 N–H and O–H groups in total. The van der Waals surface area contributed by atoms with E-state index in [0.29, 0.717) is 16.7 Å². The van der Waals surface area contributed by atoms with E-state index in [4.69, 9.17) is 17.3 Å². The van der Waals surface area contributed by atoms with Crippen molar-refractivity contribution in [3.63, 3.8) is 0 Å². The lowest BCUT2D eigenvalue weighted by Gasteiger charge is -2.23. The fourth-order valence-electron chi connectivity index (χ4n) is 2.53. The number of rotatable bonds is 2. The maximum Gasteiger partial charge on any atom is 0.163 e. The van der Waals surface area contributed by atoms with Crippen LogP contribution in [0.4, 0.5) is 5.82 Å². The van der Waals surface area contributed by atoms with Crippen LogP contribution < -0.4 is 11.1 Å². The Balaban J connectivity index is 2.00. The van der Waals surface area contributed by atoms with Crippen molar-refractivity contribution in [1.82, 2.24) is 15.3 Å². The Morgan fingerprint density at radius 3 is 2.80 bits per heavy atom. The topological polar surface area (TPSA) is 63.8 Å². The quantitative estimate of drug-likeness (QED) is 0.891. The van der Waals surface area contributed by atoms with Crippen molar-refractivity contribution in [1.29, 1.82) is 0 Å². The molecule has 1 aliphatic heterocycles. The van der Waals surface area contributed by atoms with Crippen LogP contribution in [-0.4, -0.2) is 16.5 Å². The zero-order valence-electron chi connectivity index (χ0n) is 11.1. The highest BCUT2D eigenvalue weighted by Gasteiger charge is 2.18. The molecule has 0 aliphatic carbocycles. The fraction of sp³-hybridized carbons (Fsp3) is 0.333. The summed E-state index contributed by atoms with van der Waals surface area (Å²) in [6.07, 6.45) is 3.51. The van der Waals surface area contributed by atoms with Gasteiger partial charge in [-0.2, -0.15) is 0 Å². The third-order valence-corrected chi connectivity index (χ3v) is 3.88. The van der Waals surface area contributed by atoms with Crippen LogP contribution in [0.3, 0.4) is 0 Å². The van der Waals surface area contributed by atoms with Gasteiger partial charge in [-0.15, -0.1) is 0 Å². The van der Waals surface area contributed by atoms with Crippen LogP contribution in [0.15, 0.2) is 30.3 Å². The van der Waals surface area contributed by atoms with Crippen molar-refractivity contribution >= 4 is 17.4 Å². The lowest BCUT2D eigenvalue weighted by atomic mass is 10.0. The number of hydrogen-bond acceptors (Lipinski definition) is 4. The van der Waals surface area contributed by atoms with Gasteiger partial charge in [-0.25, -0.2) is 9.97 Å². The zero-order valence-corrected chi connectivity index (χ0v) is 11.9. The standard InChI is InChI=1S/C15H17ClN4/c16-11-6-2-1-5-10(11)15-19-13(9-14(17)20-15)12-7-3-4-8-18-12/h1-2,5-6,9,12,18H,3-4,7-8H2,(H2,17,19,20). The number of anilines is 1. The van der Waals surface area contributed by atoms with Gasteiger partial charge in [-0.05, 0) is 31.5 Å². The molecule has 2 aromatic rings. The van der Waals surface area contributed by atoms with Gasteiger partial charge in [0.1, 0.15) is 5.82 Å². The molecule has 3 rings (SSSR count). The molecule has 20 heavy (non-hydrogen) atoms. The molecule has 104 valence electrons. The molecular weight excluding hydrogens is 272 g/mol. The predicted molar refractivity (Wildman–Crippen MR) is 81.5 cm³/mol. The van der Waals surface area contributed by atoms with E-state index in [2.05, 4.69) is 15.3 Å². The summed E-state index contributed by atoms with van der Waals surface area (Å²) in [5.74, 6) is 1.08. The lowest BCUT2D eigenvalue weighted by Crippen LogP contribution is -2.27. The van der Waals surface area contributed by atoms with E-state index in [1.54, 1.807) is 0 Å².